The van der Waals surface area contributed by atoms with Crippen LogP contribution in [0.4, 0.5) is 4.79 Å². The zero-order chi connectivity index (χ0) is 20.8. The van der Waals surface area contributed by atoms with Crippen molar-refractivity contribution >= 4 is 16.2 Å². The largest absolute Gasteiger partial charge is 0.457 e. The summed E-state index contributed by atoms with van der Waals surface area (Å²) in [6.07, 6.45) is 0.274. The maximum atomic E-state index is 12.2. The molecule has 2 aromatic carbocycles. The van der Waals surface area contributed by atoms with Crippen molar-refractivity contribution in [2.45, 2.75) is 32.4 Å². The summed E-state index contributed by atoms with van der Waals surface area (Å²) in [4.78, 5) is 12.2. The molecule has 0 saturated carbocycles. The Balaban J connectivity index is 2.21. The van der Waals surface area contributed by atoms with E-state index in [-0.39, 0.29) is 6.61 Å². The van der Waals surface area contributed by atoms with Crippen LogP contribution < -0.4 is 10.1 Å². The first kappa shape index (κ1) is 21.7. The number of alkyl carbamates (subject to hydrolysis) is 1. The van der Waals surface area contributed by atoms with Gasteiger partial charge in [0.25, 0.3) is 10.1 Å². The summed E-state index contributed by atoms with van der Waals surface area (Å²) in [5, 5.41) is 2.65. The lowest BCUT2D eigenvalue weighted by molar-refractivity contribution is 0.0487. The molecule has 0 unspecified atom stereocenters. The van der Waals surface area contributed by atoms with Crippen molar-refractivity contribution in [3.05, 3.63) is 60.2 Å². The van der Waals surface area contributed by atoms with Gasteiger partial charge in [-0.15, -0.1) is 0 Å². The van der Waals surface area contributed by atoms with Gasteiger partial charge in [-0.05, 0) is 50.6 Å². The third kappa shape index (κ3) is 7.98. The molecule has 2 aromatic rings. The first-order valence-electron chi connectivity index (χ1n) is 8.69. The minimum atomic E-state index is -3.68. The van der Waals surface area contributed by atoms with Crippen molar-refractivity contribution in [1.82, 2.24) is 5.32 Å². The molecule has 0 fully saturated rings. The van der Waals surface area contributed by atoms with E-state index in [1.807, 2.05) is 30.3 Å². The fourth-order valence-corrected chi connectivity index (χ4v) is 2.67. The van der Waals surface area contributed by atoms with Crippen molar-refractivity contribution in [3.8, 4) is 11.5 Å². The van der Waals surface area contributed by atoms with Gasteiger partial charge < -0.3 is 14.8 Å². The molecule has 152 valence electrons. The molecule has 1 N–H and O–H groups in total. The maximum absolute atomic E-state index is 12.2. The minimum Gasteiger partial charge on any atom is -0.457 e. The number of carbonyl (C=O) groups is 1. The third-order valence-electron chi connectivity index (χ3n) is 3.38. The number of benzene rings is 2. The van der Waals surface area contributed by atoms with Gasteiger partial charge in [0.2, 0.25) is 0 Å². The number of hydrogen-bond acceptors (Lipinski definition) is 6. The van der Waals surface area contributed by atoms with E-state index >= 15 is 0 Å². The van der Waals surface area contributed by atoms with Crippen LogP contribution in [0.3, 0.4) is 0 Å². The van der Waals surface area contributed by atoms with Gasteiger partial charge in [-0.2, -0.15) is 8.42 Å². The molecular formula is C20H25NO6S. The van der Waals surface area contributed by atoms with Crippen molar-refractivity contribution in [3.63, 3.8) is 0 Å². The second kappa shape index (κ2) is 9.07. The lowest BCUT2D eigenvalue weighted by Crippen LogP contribution is -2.37. The predicted molar refractivity (Wildman–Crippen MR) is 106 cm³/mol. The Morgan fingerprint density at radius 1 is 1.04 bits per heavy atom. The van der Waals surface area contributed by atoms with E-state index in [0.717, 1.165) is 6.26 Å². The fourth-order valence-electron chi connectivity index (χ4n) is 2.28. The Kier molecular flexibility index (Phi) is 7.04. The van der Waals surface area contributed by atoms with E-state index in [4.69, 9.17) is 13.7 Å². The highest BCUT2D eigenvalue weighted by Crippen LogP contribution is 2.25. The van der Waals surface area contributed by atoms with Gasteiger partial charge in [0.15, 0.2) is 0 Å². The molecule has 1 amide bonds. The number of rotatable bonds is 7. The monoisotopic (exact) mass is 407 g/mol. The molecule has 0 aliphatic carbocycles. The van der Waals surface area contributed by atoms with Crippen molar-refractivity contribution in [2.24, 2.45) is 0 Å². The van der Waals surface area contributed by atoms with Gasteiger partial charge in [-0.1, -0.05) is 30.3 Å². The molecular weight excluding hydrogens is 382 g/mol. The second-order valence-electron chi connectivity index (χ2n) is 7.18. The molecule has 28 heavy (non-hydrogen) atoms. The molecule has 0 radical (unpaired) electrons. The molecule has 0 spiro atoms. The summed E-state index contributed by atoms with van der Waals surface area (Å²) < 4.78 is 38.8. The molecule has 1 atom stereocenters. The molecule has 8 heteroatoms. The molecule has 0 bridgehead atoms. The molecule has 7 nitrogen and oxygen atoms in total. The van der Waals surface area contributed by atoms with Gasteiger partial charge >= 0.3 is 6.09 Å². The average Bonchev–Trinajstić information content (AvgIpc) is 2.57. The van der Waals surface area contributed by atoms with Crippen LogP contribution in [-0.2, 0) is 19.0 Å². The lowest BCUT2D eigenvalue weighted by Gasteiger charge is -2.24. The molecule has 0 aromatic heterocycles. The second-order valence-corrected chi connectivity index (χ2v) is 8.82. The zero-order valence-corrected chi connectivity index (χ0v) is 17.2. The number of nitrogens with one attached hydrogen (secondary N) is 1. The van der Waals surface area contributed by atoms with Gasteiger partial charge in [-0.3, -0.25) is 4.18 Å². The van der Waals surface area contributed by atoms with Crippen LogP contribution in [0.5, 0.6) is 11.5 Å². The van der Waals surface area contributed by atoms with E-state index in [9.17, 15) is 13.2 Å². The number of carbonyl (C=O) groups excluding carboxylic acids is 1. The smallest absolute Gasteiger partial charge is 0.408 e. The topological polar surface area (TPSA) is 90.9 Å². The van der Waals surface area contributed by atoms with Crippen LogP contribution in [0.25, 0.3) is 0 Å². The van der Waals surface area contributed by atoms with Crippen LogP contribution in [-0.4, -0.2) is 33.0 Å². The summed E-state index contributed by atoms with van der Waals surface area (Å²) in [5.74, 6) is 1.20. The molecule has 0 aliphatic rings. The van der Waals surface area contributed by atoms with Crippen molar-refractivity contribution < 1.29 is 26.9 Å². The third-order valence-corrected chi connectivity index (χ3v) is 3.94. The molecule has 0 saturated heterocycles. The number of hydrogen-bond donors (Lipinski definition) is 1. The van der Waals surface area contributed by atoms with Crippen molar-refractivity contribution in [2.75, 3.05) is 12.9 Å². The molecule has 2 rings (SSSR count). The van der Waals surface area contributed by atoms with Crippen LogP contribution in [0.1, 0.15) is 32.4 Å². The summed E-state index contributed by atoms with van der Waals surface area (Å²) in [6.45, 7) is 4.95. The first-order chi connectivity index (χ1) is 13.0. The fraction of sp³-hybridized carbons (Fsp3) is 0.350. The van der Waals surface area contributed by atoms with Gasteiger partial charge in [-0.25, -0.2) is 4.79 Å². The van der Waals surface area contributed by atoms with E-state index in [0.29, 0.717) is 17.1 Å². The summed E-state index contributed by atoms with van der Waals surface area (Å²) in [6, 6.07) is 15.4. The number of ether oxygens (including phenoxy) is 2. The summed E-state index contributed by atoms with van der Waals surface area (Å²) >= 11 is 0. The first-order valence-corrected chi connectivity index (χ1v) is 10.5. The lowest BCUT2D eigenvalue weighted by atomic mass is 10.1. The Labute approximate surface area is 165 Å². The number of amides is 1. The number of para-hydroxylation sites is 1. The quantitative estimate of drug-likeness (QED) is 0.697. The van der Waals surface area contributed by atoms with E-state index in [2.05, 4.69) is 5.32 Å². The predicted octanol–water partition coefficient (Wildman–Crippen LogP) is 4.02. The zero-order valence-electron chi connectivity index (χ0n) is 16.3. The average molecular weight is 407 g/mol. The van der Waals surface area contributed by atoms with E-state index in [1.165, 1.54) is 0 Å². The molecule has 0 aliphatic heterocycles. The Morgan fingerprint density at radius 3 is 2.29 bits per heavy atom. The Hall–Kier alpha value is -2.58. The van der Waals surface area contributed by atoms with E-state index in [1.54, 1.807) is 45.0 Å². The highest BCUT2D eigenvalue weighted by Gasteiger charge is 2.22. The highest BCUT2D eigenvalue weighted by atomic mass is 32.2. The van der Waals surface area contributed by atoms with Crippen LogP contribution in [0.2, 0.25) is 0 Å². The summed E-state index contributed by atoms with van der Waals surface area (Å²) in [7, 11) is -3.68. The Bertz CT molecular complexity index is 890. The Morgan fingerprint density at radius 2 is 1.68 bits per heavy atom. The van der Waals surface area contributed by atoms with Gasteiger partial charge in [0.1, 0.15) is 17.1 Å². The summed E-state index contributed by atoms with van der Waals surface area (Å²) in [5.41, 5.74) is -0.0761. The standard InChI is InChI=1S/C20H25NO6S/c1-20(2,3)27-19(22)21-18(14-25-28(4,23)24)15-9-8-12-17(13-15)26-16-10-6-5-7-11-16/h5-13,18H,14H2,1-4H3,(H,21,22)/t18-/m1/s1. The minimum absolute atomic E-state index is 0.271. The van der Waals surface area contributed by atoms with Crippen LogP contribution in [0.15, 0.2) is 54.6 Å². The normalized spacial score (nSPS) is 12.9. The van der Waals surface area contributed by atoms with Crippen LogP contribution >= 0.6 is 0 Å². The highest BCUT2D eigenvalue weighted by molar-refractivity contribution is 7.85. The molecule has 0 heterocycles. The van der Waals surface area contributed by atoms with Gasteiger partial charge in [0, 0.05) is 0 Å². The SMILES string of the molecule is CC(C)(C)OC(=O)N[C@H](COS(C)(=O)=O)c1cccc(Oc2ccccc2)c1. The maximum Gasteiger partial charge on any atom is 0.408 e. The van der Waals surface area contributed by atoms with E-state index < -0.39 is 27.9 Å². The van der Waals surface area contributed by atoms with Gasteiger partial charge in [0.05, 0.1) is 18.9 Å². The van der Waals surface area contributed by atoms with Crippen molar-refractivity contribution in [1.29, 1.82) is 0 Å². The van der Waals surface area contributed by atoms with Crippen LogP contribution in [0, 0.1) is 0 Å².